The summed E-state index contributed by atoms with van der Waals surface area (Å²) in [5.74, 6) is 0.794. The van der Waals surface area contributed by atoms with Crippen LogP contribution < -0.4 is 16.0 Å². The molecule has 1 aliphatic rings. The fraction of sp³-hybridized carbons (Fsp3) is 0.588. The molecule has 0 bridgehead atoms. The lowest BCUT2D eigenvalue weighted by atomic mass is 9.92. The molecular weight excluding hydrogens is 262 g/mol. The van der Waals surface area contributed by atoms with Gasteiger partial charge < -0.3 is 16.0 Å². The first-order valence-corrected chi connectivity index (χ1v) is 7.79. The predicted octanol–water partition coefficient (Wildman–Crippen LogP) is 2.85. The Bertz CT molecular complexity index is 473. The second-order valence-electron chi connectivity index (χ2n) is 6.76. The summed E-state index contributed by atoms with van der Waals surface area (Å²) in [4.78, 5) is 14.5. The second kappa shape index (κ2) is 6.48. The first-order chi connectivity index (χ1) is 9.92. The van der Waals surface area contributed by atoms with Gasteiger partial charge >= 0.3 is 0 Å². The molecule has 0 atom stereocenters. The third-order valence-electron chi connectivity index (χ3n) is 4.40. The van der Waals surface area contributed by atoms with E-state index in [1.54, 1.807) is 0 Å². The molecule has 1 aliphatic heterocycles. The molecule has 1 saturated heterocycles. The van der Waals surface area contributed by atoms with Crippen LogP contribution in [-0.4, -0.2) is 25.5 Å². The smallest absolute Gasteiger partial charge is 0.231 e. The molecule has 0 spiro atoms. The number of carbonyl (C=O) groups excluding carboxylic acids is 1. The summed E-state index contributed by atoms with van der Waals surface area (Å²) in [6.45, 7) is 8.59. The number of hydrogen-bond donors (Lipinski definition) is 2. The highest BCUT2D eigenvalue weighted by molar-refractivity contribution is 5.95. The van der Waals surface area contributed by atoms with Crippen LogP contribution in [0, 0.1) is 11.3 Å². The lowest BCUT2D eigenvalue weighted by Gasteiger charge is -2.32. The molecule has 4 heteroatoms. The molecule has 0 aromatic heterocycles. The van der Waals surface area contributed by atoms with E-state index < -0.39 is 5.41 Å². The number of nitrogens with one attached hydrogen (secondary N) is 1. The van der Waals surface area contributed by atoms with Gasteiger partial charge in [0.1, 0.15) is 0 Å². The van der Waals surface area contributed by atoms with E-state index >= 15 is 0 Å². The molecule has 1 amide bonds. The van der Waals surface area contributed by atoms with Crippen LogP contribution in [0.1, 0.15) is 33.6 Å². The zero-order valence-electron chi connectivity index (χ0n) is 13.4. The first kappa shape index (κ1) is 15.8. The van der Waals surface area contributed by atoms with Crippen molar-refractivity contribution in [2.24, 2.45) is 17.1 Å². The molecule has 1 aromatic rings. The molecule has 116 valence electrons. The topological polar surface area (TPSA) is 58.4 Å². The highest BCUT2D eigenvalue weighted by atomic mass is 16.2. The molecular formula is C17H27N3O. The van der Waals surface area contributed by atoms with Gasteiger partial charge in [-0.15, -0.1) is 0 Å². The zero-order chi connectivity index (χ0) is 15.5. The quantitative estimate of drug-likeness (QED) is 0.896. The van der Waals surface area contributed by atoms with Crippen LogP contribution in [0.15, 0.2) is 24.3 Å². The van der Waals surface area contributed by atoms with Gasteiger partial charge in [-0.25, -0.2) is 0 Å². The third-order valence-corrected chi connectivity index (χ3v) is 4.40. The monoisotopic (exact) mass is 289 g/mol. The van der Waals surface area contributed by atoms with E-state index in [9.17, 15) is 4.79 Å². The van der Waals surface area contributed by atoms with Crippen molar-refractivity contribution in [1.29, 1.82) is 0 Å². The van der Waals surface area contributed by atoms with Crippen LogP contribution in [0.4, 0.5) is 11.4 Å². The van der Waals surface area contributed by atoms with Gasteiger partial charge in [-0.3, -0.25) is 4.79 Å². The fourth-order valence-electron chi connectivity index (χ4n) is 2.42. The number of benzene rings is 1. The summed E-state index contributed by atoms with van der Waals surface area (Å²) < 4.78 is 0. The maximum absolute atomic E-state index is 12.1. The van der Waals surface area contributed by atoms with Crippen LogP contribution in [0.5, 0.6) is 0 Å². The molecule has 4 nitrogen and oxygen atoms in total. The van der Waals surface area contributed by atoms with Crippen molar-refractivity contribution in [3.63, 3.8) is 0 Å². The zero-order valence-corrected chi connectivity index (χ0v) is 13.4. The van der Waals surface area contributed by atoms with E-state index in [-0.39, 0.29) is 5.91 Å². The van der Waals surface area contributed by atoms with E-state index in [0.29, 0.717) is 6.54 Å². The van der Waals surface area contributed by atoms with Crippen molar-refractivity contribution < 1.29 is 4.79 Å². The van der Waals surface area contributed by atoms with Gasteiger partial charge in [-0.1, -0.05) is 6.92 Å². The van der Waals surface area contributed by atoms with E-state index in [2.05, 4.69) is 29.3 Å². The maximum Gasteiger partial charge on any atom is 0.231 e. The standard InChI is InChI=1S/C17H27N3O/c1-13-8-10-20(11-9-13)15-6-4-14(5-7-15)19-16(21)17(2,3)12-18/h4-7,13H,8-12,18H2,1-3H3,(H,19,21). The Kier molecular flexibility index (Phi) is 4.88. The highest BCUT2D eigenvalue weighted by Crippen LogP contribution is 2.25. The molecule has 0 saturated carbocycles. The van der Waals surface area contributed by atoms with Crippen molar-refractivity contribution in [3.05, 3.63) is 24.3 Å². The van der Waals surface area contributed by atoms with Crippen LogP contribution >= 0.6 is 0 Å². The van der Waals surface area contributed by atoms with Crippen LogP contribution in [0.3, 0.4) is 0 Å². The molecule has 0 radical (unpaired) electrons. The van der Waals surface area contributed by atoms with Gasteiger partial charge in [0.05, 0.1) is 5.41 Å². The number of anilines is 2. The Morgan fingerprint density at radius 3 is 2.38 bits per heavy atom. The predicted molar refractivity (Wildman–Crippen MR) is 88.5 cm³/mol. The van der Waals surface area contributed by atoms with Crippen molar-refractivity contribution in [1.82, 2.24) is 0 Å². The fourth-order valence-corrected chi connectivity index (χ4v) is 2.42. The average Bonchev–Trinajstić information content (AvgIpc) is 2.49. The van der Waals surface area contributed by atoms with E-state index in [4.69, 9.17) is 5.73 Å². The molecule has 0 unspecified atom stereocenters. The second-order valence-corrected chi connectivity index (χ2v) is 6.76. The summed E-state index contributed by atoms with van der Waals surface area (Å²) in [7, 11) is 0. The molecule has 21 heavy (non-hydrogen) atoms. The summed E-state index contributed by atoms with van der Waals surface area (Å²) in [6, 6.07) is 8.11. The molecule has 1 heterocycles. The van der Waals surface area contributed by atoms with E-state index in [1.807, 2.05) is 26.0 Å². The number of carbonyl (C=O) groups is 1. The highest BCUT2D eigenvalue weighted by Gasteiger charge is 2.25. The van der Waals surface area contributed by atoms with Crippen LogP contribution in [0.2, 0.25) is 0 Å². The Labute approximate surface area is 127 Å². The molecule has 2 rings (SSSR count). The van der Waals surface area contributed by atoms with Gasteiger partial charge in [-0.05, 0) is 56.9 Å². The summed E-state index contributed by atoms with van der Waals surface area (Å²) >= 11 is 0. The van der Waals surface area contributed by atoms with Crippen molar-refractivity contribution >= 4 is 17.3 Å². The Morgan fingerprint density at radius 2 is 1.86 bits per heavy atom. The molecule has 3 N–H and O–H groups in total. The van der Waals surface area contributed by atoms with Gasteiger partial charge in [-0.2, -0.15) is 0 Å². The third kappa shape index (κ3) is 3.97. The molecule has 0 aliphatic carbocycles. The first-order valence-electron chi connectivity index (χ1n) is 7.79. The summed E-state index contributed by atoms with van der Waals surface area (Å²) in [5, 5.41) is 2.93. The van der Waals surface area contributed by atoms with Gasteiger partial charge in [0.25, 0.3) is 0 Å². The Morgan fingerprint density at radius 1 is 1.29 bits per heavy atom. The number of amides is 1. The minimum Gasteiger partial charge on any atom is -0.372 e. The number of rotatable bonds is 4. The Balaban J connectivity index is 1.98. The SMILES string of the molecule is CC1CCN(c2ccc(NC(=O)C(C)(C)CN)cc2)CC1. The minimum atomic E-state index is -0.540. The van der Waals surface area contributed by atoms with Gasteiger partial charge in [0.15, 0.2) is 0 Å². The van der Waals surface area contributed by atoms with E-state index in [0.717, 1.165) is 24.7 Å². The molecule has 1 fully saturated rings. The molecule has 1 aromatic carbocycles. The van der Waals surface area contributed by atoms with Crippen molar-refractivity contribution in [2.45, 2.75) is 33.6 Å². The Hall–Kier alpha value is -1.55. The largest absolute Gasteiger partial charge is 0.372 e. The number of piperidine rings is 1. The normalized spacial score (nSPS) is 16.9. The number of nitrogens with zero attached hydrogens (tertiary/aromatic N) is 1. The van der Waals surface area contributed by atoms with Gasteiger partial charge in [0.2, 0.25) is 5.91 Å². The minimum absolute atomic E-state index is 0.0375. The summed E-state index contributed by atoms with van der Waals surface area (Å²) in [6.07, 6.45) is 2.51. The lowest BCUT2D eigenvalue weighted by molar-refractivity contribution is -0.123. The lowest BCUT2D eigenvalue weighted by Crippen LogP contribution is -2.37. The van der Waals surface area contributed by atoms with Crippen LogP contribution in [-0.2, 0) is 4.79 Å². The number of hydrogen-bond acceptors (Lipinski definition) is 3. The van der Waals surface area contributed by atoms with E-state index in [1.165, 1.54) is 18.5 Å². The summed E-state index contributed by atoms with van der Waals surface area (Å²) in [5.41, 5.74) is 7.15. The maximum atomic E-state index is 12.1. The van der Waals surface area contributed by atoms with Gasteiger partial charge in [0, 0.05) is 31.0 Å². The van der Waals surface area contributed by atoms with Crippen LogP contribution in [0.25, 0.3) is 0 Å². The van der Waals surface area contributed by atoms with Crippen molar-refractivity contribution in [2.75, 3.05) is 29.9 Å². The average molecular weight is 289 g/mol. The van der Waals surface area contributed by atoms with Crippen molar-refractivity contribution in [3.8, 4) is 0 Å². The number of nitrogens with two attached hydrogens (primary N) is 1.